The second-order valence-corrected chi connectivity index (χ2v) is 4.98. The second-order valence-electron chi connectivity index (χ2n) is 4.98. The molecule has 100 valence electrons. The Balaban J connectivity index is 2.15. The molecule has 0 radical (unpaired) electrons. The third-order valence-electron chi connectivity index (χ3n) is 3.86. The smallest absolute Gasteiger partial charge is 0.123 e. The van der Waals surface area contributed by atoms with Crippen LogP contribution in [0.2, 0.25) is 0 Å². The number of nitrogens with zero attached hydrogens (tertiary/aromatic N) is 1. The molecule has 1 unspecified atom stereocenters. The van der Waals surface area contributed by atoms with Gasteiger partial charge in [-0.05, 0) is 44.2 Å². The van der Waals surface area contributed by atoms with Gasteiger partial charge in [0.05, 0.1) is 0 Å². The van der Waals surface area contributed by atoms with Crippen LogP contribution in [0.3, 0.4) is 0 Å². The summed E-state index contributed by atoms with van der Waals surface area (Å²) in [7, 11) is 2.10. The molecule has 0 aliphatic heterocycles. The van der Waals surface area contributed by atoms with Crippen LogP contribution >= 0.6 is 0 Å². The summed E-state index contributed by atoms with van der Waals surface area (Å²) in [5.41, 5.74) is 2.42. The van der Waals surface area contributed by atoms with E-state index in [0.29, 0.717) is 6.04 Å². The molecular formula is C17H20FN. The van der Waals surface area contributed by atoms with Gasteiger partial charge in [0.2, 0.25) is 0 Å². The van der Waals surface area contributed by atoms with Crippen molar-refractivity contribution in [3.8, 4) is 0 Å². The van der Waals surface area contributed by atoms with Crippen molar-refractivity contribution in [1.82, 2.24) is 4.90 Å². The van der Waals surface area contributed by atoms with Crippen LogP contribution in [0.4, 0.5) is 4.39 Å². The third kappa shape index (κ3) is 3.21. The Morgan fingerprint density at radius 3 is 1.79 bits per heavy atom. The maximum absolute atomic E-state index is 13.0. The predicted molar refractivity (Wildman–Crippen MR) is 77.4 cm³/mol. The van der Waals surface area contributed by atoms with Gasteiger partial charge in [-0.25, -0.2) is 4.39 Å². The average molecular weight is 257 g/mol. The predicted octanol–water partition coefficient (Wildman–Crippen LogP) is 4.58. The fraction of sp³-hybridized carbons (Fsp3) is 0.294. The third-order valence-corrected chi connectivity index (χ3v) is 3.86. The van der Waals surface area contributed by atoms with Crippen molar-refractivity contribution in [2.75, 3.05) is 7.05 Å². The zero-order valence-electron chi connectivity index (χ0n) is 11.7. The van der Waals surface area contributed by atoms with E-state index in [1.165, 1.54) is 17.7 Å². The maximum Gasteiger partial charge on any atom is 0.123 e. The Bertz CT molecular complexity index is 507. The molecule has 1 nitrogen and oxygen atoms in total. The Kier molecular flexibility index (Phi) is 4.33. The Labute approximate surface area is 114 Å². The highest BCUT2D eigenvalue weighted by Crippen LogP contribution is 2.28. The molecule has 19 heavy (non-hydrogen) atoms. The summed E-state index contributed by atoms with van der Waals surface area (Å²) >= 11 is 0. The minimum Gasteiger partial charge on any atom is -0.293 e. The van der Waals surface area contributed by atoms with E-state index in [4.69, 9.17) is 0 Å². The molecular weight excluding hydrogens is 237 g/mol. The minimum atomic E-state index is -0.185. The largest absolute Gasteiger partial charge is 0.293 e. The first-order valence-electron chi connectivity index (χ1n) is 6.62. The van der Waals surface area contributed by atoms with Crippen LogP contribution in [-0.4, -0.2) is 11.9 Å². The molecule has 0 aliphatic carbocycles. The number of rotatable bonds is 4. The quantitative estimate of drug-likeness (QED) is 0.775. The lowest BCUT2D eigenvalue weighted by Crippen LogP contribution is -2.25. The van der Waals surface area contributed by atoms with Gasteiger partial charge in [0, 0.05) is 12.1 Å². The Morgan fingerprint density at radius 2 is 1.26 bits per heavy atom. The molecule has 2 heteroatoms. The SMILES string of the molecule is CC(c1ccccc1)N(C)[C@@H](C)c1ccc(F)cc1. The van der Waals surface area contributed by atoms with Gasteiger partial charge in [0.1, 0.15) is 5.82 Å². The van der Waals surface area contributed by atoms with Crippen LogP contribution in [0.5, 0.6) is 0 Å². The number of halogens is 1. The summed E-state index contributed by atoms with van der Waals surface area (Å²) in [4.78, 5) is 2.29. The average Bonchev–Trinajstić information content (AvgIpc) is 2.46. The van der Waals surface area contributed by atoms with Crippen molar-refractivity contribution in [1.29, 1.82) is 0 Å². The number of hydrogen-bond donors (Lipinski definition) is 0. The molecule has 0 aromatic heterocycles. The lowest BCUT2D eigenvalue weighted by atomic mass is 10.0. The van der Waals surface area contributed by atoms with E-state index < -0.39 is 0 Å². The van der Waals surface area contributed by atoms with Gasteiger partial charge >= 0.3 is 0 Å². The molecule has 0 aliphatic rings. The standard InChI is InChI=1S/C17H20FN/c1-13(15-7-5-4-6-8-15)19(3)14(2)16-9-11-17(18)12-10-16/h4-14H,1-3H3/t13?,14-/m0/s1. The lowest BCUT2D eigenvalue weighted by molar-refractivity contribution is 0.199. The second kappa shape index (κ2) is 5.98. The van der Waals surface area contributed by atoms with Crippen molar-refractivity contribution in [2.24, 2.45) is 0 Å². The van der Waals surface area contributed by atoms with Crippen LogP contribution in [0.15, 0.2) is 54.6 Å². The van der Waals surface area contributed by atoms with Crippen LogP contribution in [0.1, 0.15) is 37.1 Å². The van der Waals surface area contributed by atoms with Crippen LogP contribution < -0.4 is 0 Å². The number of hydrogen-bond acceptors (Lipinski definition) is 1. The van der Waals surface area contributed by atoms with E-state index in [0.717, 1.165) is 5.56 Å². The van der Waals surface area contributed by atoms with Crippen molar-refractivity contribution in [3.63, 3.8) is 0 Å². The molecule has 0 bridgehead atoms. The molecule has 0 saturated carbocycles. The number of benzene rings is 2. The van der Waals surface area contributed by atoms with E-state index in [1.807, 2.05) is 18.2 Å². The van der Waals surface area contributed by atoms with Gasteiger partial charge in [-0.2, -0.15) is 0 Å². The Hall–Kier alpha value is -1.67. The van der Waals surface area contributed by atoms with Gasteiger partial charge in [-0.1, -0.05) is 42.5 Å². The summed E-state index contributed by atoms with van der Waals surface area (Å²) in [6.07, 6.45) is 0. The molecule has 0 amide bonds. The molecule has 2 rings (SSSR count). The zero-order chi connectivity index (χ0) is 13.8. The fourth-order valence-corrected chi connectivity index (χ4v) is 2.28. The van der Waals surface area contributed by atoms with E-state index in [9.17, 15) is 4.39 Å². The van der Waals surface area contributed by atoms with Gasteiger partial charge in [-0.3, -0.25) is 4.90 Å². The highest BCUT2D eigenvalue weighted by Gasteiger charge is 2.18. The van der Waals surface area contributed by atoms with Crippen LogP contribution in [-0.2, 0) is 0 Å². The molecule has 2 atom stereocenters. The van der Waals surface area contributed by atoms with Crippen molar-refractivity contribution in [3.05, 3.63) is 71.5 Å². The summed E-state index contributed by atoms with van der Waals surface area (Å²) < 4.78 is 13.0. The normalized spacial score (nSPS) is 14.4. The first-order valence-corrected chi connectivity index (χ1v) is 6.62. The summed E-state index contributed by atoms with van der Waals surface area (Å²) in [6.45, 7) is 4.34. The molecule has 0 saturated heterocycles. The molecule has 0 fully saturated rings. The molecule has 0 heterocycles. The van der Waals surface area contributed by atoms with Crippen molar-refractivity contribution < 1.29 is 4.39 Å². The van der Waals surface area contributed by atoms with E-state index in [-0.39, 0.29) is 11.9 Å². The van der Waals surface area contributed by atoms with Gasteiger partial charge in [0.15, 0.2) is 0 Å². The molecule has 2 aromatic carbocycles. The molecule has 0 spiro atoms. The minimum absolute atomic E-state index is 0.185. The van der Waals surface area contributed by atoms with Crippen LogP contribution in [0, 0.1) is 5.82 Å². The van der Waals surface area contributed by atoms with E-state index >= 15 is 0 Å². The Morgan fingerprint density at radius 1 is 0.789 bits per heavy atom. The van der Waals surface area contributed by atoms with Gasteiger partial charge in [0.25, 0.3) is 0 Å². The fourth-order valence-electron chi connectivity index (χ4n) is 2.28. The zero-order valence-corrected chi connectivity index (χ0v) is 11.7. The lowest BCUT2D eigenvalue weighted by Gasteiger charge is -2.31. The summed E-state index contributed by atoms with van der Waals surface area (Å²) in [6, 6.07) is 17.7. The van der Waals surface area contributed by atoms with E-state index in [2.05, 4.69) is 50.1 Å². The van der Waals surface area contributed by atoms with Crippen molar-refractivity contribution >= 4 is 0 Å². The summed E-state index contributed by atoms with van der Waals surface area (Å²) in [5, 5.41) is 0. The summed E-state index contributed by atoms with van der Waals surface area (Å²) in [5.74, 6) is -0.185. The molecule has 0 N–H and O–H groups in total. The monoisotopic (exact) mass is 257 g/mol. The maximum atomic E-state index is 13.0. The van der Waals surface area contributed by atoms with E-state index in [1.54, 1.807) is 0 Å². The van der Waals surface area contributed by atoms with Gasteiger partial charge in [-0.15, -0.1) is 0 Å². The first kappa shape index (κ1) is 13.8. The van der Waals surface area contributed by atoms with Gasteiger partial charge < -0.3 is 0 Å². The first-order chi connectivity index (χ1) is 9.09. The van der Waals surface area contributed by atoms with Crippen LogP contribution in [0.25, 0.3) is 0 Å². The topological polar surface area (TPSA) is 3.24 Å². The highest BCUT2D eigenvalue weighted by molar-refractivity contribution is 5.22. The molecule has 2 aromatic rings. The van der Waals surface area contributed by atoms with Crippen molar-refractivity contribution in [2.45, 2.75) is 25.9 Å². The highest BCUT2D eigenvalue weighted by atomic mass is 19.1.